The van der Waals surface area contributed by atoms with E-state index in [1.54, 1.807) is 0 Å². The summed E-state index contributed by atoms with van der Waals surface area (Å²) in [5.74, 6) is -1.02. The topological polar surface area (TPSA) is 92.4 Å². The Labute approximate surface area is 114 Å². The minimum absolute atomic E-state index is 0.0253. The van der Waals surface area contributed by atoms with Crippen LogP contribution >= 0.6 is 0 Å². The van der Waals surface area contributed by atoms with Crippen molar-refractivity contribution in [3.8, 4) is 0 Å². The zero-order valence-corrected chi connectivity index (χ0v) is 11.9. The molecule has 1 saturated carbocycles. The molecule has 0 aromatic carbocycles. The predicted molar refractivity (Wildman–Crippen MR) is 73.6 cm³/mol. The molecule has 5 heteroatoms. The molecule has 1 rings (SSSR count). The molecule has 0 heterocycles. The Morgan fingerprint density at radius 2 is 2.00 bits per heavy atom. The van der Waals surface area contributed by atoms with Gasteiger partial charge in [-0.1, -0.05) is 13.3 Å². The van der Waals surface area contributed by atoms with Gasteiger partial charge in [0.05, 0.1) is 5.92 Å². The van der Waals surface area contributed by atoms with Gasteiger partial charge < -0.3 is 16.2 Å². The summed E-state index contributed by atoms with van der Waals surface area (Å²) in [6.45, 7) is 3.88. The number of carbonyl (C=O) groups is 2. The second-order valence-corrected chi connectivity index (χ2v) is 5.86. The molecule has 4 atom stereocenters. The van der Waals surface area contributed by atoms with Crippen molar-refractivity contribution >= 4 is 11.9 Å². The van der Waals surface area contributed by atoms with Crippen LogP contribution < -0.4 is 11.1 Å². The van der Waals surface area contributed by atoms with Crippen LogP contribution in [0.2, 0.25) is 0 Å². The van der Waals surface area contributed by atoms with Gasteiger partial charge in [-0.3, -0.25) is 9.59 Å². The third-order valence-corrected chi connectivity index (χ3v) is 3.87. The van der Waals surface area contributed by atoms with Crippen LogP contribution in [0, 0.1) is 11.8 Å². The number of amides is 1. The van der Waals surface area contributed by atoms with E-state index in [1.807, 2.05) is 13.8 Å². The molecule has 1 fully saturated rings. The van der Waals surface area contributed by atoms with Gasteiger partial charge in [0.2, 0.25) is 5.91 Å². The van der Waals surface area contributed by atoms with E-state index < -0.39 is 5.97 Å². The number of nitrogens with two attached hydrogens (primary N) is 1. The fourth-order valence-corrected chi connectivity index (χ4v) is 2.56. The highest BCUT2D eigenvalue weighted by Crippen LogP contribution is 2.26. The standard InChI is InChI=1S/C14H26N2O3/c1-9(4-3-5-10(2)15)13(17)16-12-7-6-11(8-12)14(18)19/h9-12H,3-8,15H2,1-2H3,(H,16,17)(H,18,19). The number of carbonyl (C=O) groups excluding carboxylic acids is 1. The smallest absolute Gasteiger partial charge is 0.306 e. The normalized spacial score (nSPS) is 25.8. The number of carboxylic acids is 1. The van der Waals surface area contributed by atoms with Crippen LogP contribution in [0.15, 0.2) is 0 Å². The number of rotatable bonds is 7. The number of nitrogens with one attached hydrogen (secondary N) is 1. The molecular weight excluding hydrogens is 244 g/mol. The van der Waals surface area contributed by atoms with Crippen molar-refractivity contribution in [2.24, 2.45) is 17.6 Å². The second kappa shape index (κ2) is 7.48. The van der Waals surface area contributed by atoms with Crippen molar-refractivity contribution in [3.63, 3.8) is 0 Å². The summed E-state index contributed by atoms with van der Waals surface area (Å²) in [4.78, 5) is 22.8. The number of hydrogen-bond donors (Lipinski definition) is 3. The molecule has 0 aromatic rings. The lowest BCUT2D eigenvalue weighted by Crippen LogP contribution is -2.37. The van der Waals surface area contributed by atoms with Gasteiger partial charge in [0.1, 0.15) is 0 Å². The van der Waals surface area contributed by atoms with E-state index in [2.05, 4.69) is 5.32 Å². The van der Waals surface area contributed by atoms with Gasteiger partial charge >= 0.3 is 5.97 Å². The summed E-state index contributed by atoms with van der Waals surface area (Å²) in [6, 6.07) is 0.214. The van der Waals surface area contributed by atoms with E-state index in [0.29, 0.717) is 12.8 Å². The Hall–Kier alpha value is -1.10. The number of hydrogen-bond acceptors (Lipinski definition) is 3. The summed E-state index contributed by atoms with van der Waals surface area (Å²) in [6.07, 6.45) is 4.72. The molecule has 1 aliphatic rings. The van der Waals surface area contributed by atoms with Crippen LogP contribution in [0.3, 0.4) is 0 Å². The van der Waals surface area contributed by atoms with Gasteiger partial charge in [-0.15, -0.1) is 0 Å². The SMILES string of the molecule is CC(N)CCCC(C)C(=O)NC1CCC(C(=O)O)C1. The van der Waals surface area contributed by atoms with Crippen LogP contribution in [-0.2, 0) is 9.59 Å². The minimum atomic E-state index is -0.748. The average molecular weight is 270 g/mol. The predicted octanol–water partition coefficient (Wildman–Crippen LogP) is 1.51. The quantitative estimate of drug-likeness (QED) is 0.654. The molecule has 0 bridgehead atoms. The third kappa shape index (κ3) is 5.59. The monoisotopic (exact) mass is 270 g/mol. The van der Waals surface area contributed by atoms with Crippen molar-refractivity contribution in [1.29, 1.82) is 0 Å². The fraction of sp³-hybridized carbons (Fsp3) is 0.857. The van der Waals surface area contributed by atoms with Crippen LogP contribution in [0.4, 0.5) is 0 Å². The van der Waals surface area contributed by atoms with E-state index in [9.17, 15) is 9.59 Å². The van der Waals surface area contributed by atoms with Crippen LogP contribution in [0.25, 0.3) is 0 Å². The molecule has 19 heavy (non-hydrogen) atoms. The Morgan fingerprint density at radius 1 is 1.32 bits per heavy atom. The Morgan fingerprint density at radius 3 is 2.53 bits per heavy atom. The molecular formula is C14H26N2O3. The average Bonchev–Trinajstić information content (AvgIpc) is 2.76. The molecule has 4 N–H and O–H groups in total. The summed E-state index contributed by atoms with van der Waals surface area (Å²) in [7, 11) is 0. The molecule has 0 saturated heterocycles. The van der Waals surface area contributed by atoms with Gasteiger partial charge in [-0.05, 0) is 39.0 Å². The lowest BCUT2D eigenvalue weighted by atomic mass is 10.0. The number of carboxylic acid groups (broad SMARTS) is 1. The Bertz CT molecular complexity index is 318. The van der Waals surface area contributed by atoms with Crippen LogP contribution in [0.1, 0.15) is 52.4 Å². The maximum atomic E-state index is 12.0. The highest BCUT2D eigenvalue weighted by atomic mass is 16.4. The van der Waals surface area contributed by atoms with Crippen molar-refractivity contribution in [1.82, 2.24) is 5.32 Å². The molecule has 5 nitrogen and oxygen atoms in total. The maximum absolute atomic E-state index is 12.0. The van der Waals surface area contributed by atoms with Crippen LogP contribution in [0.5, 0.6) is 0 Å². The van der Waals surface area contributed by atoms with E-state index in [4.69, 9.17) is 10.8 Å². The molecule has 1 aliphatic carbocycles. The first-order valence-electron chi connectivity index (χ1n) is 7.19. The molecule has 1 amide bonds. The van der Waals surface area contributed by atoms with E-state index >= 15 is 0 Å². The zero-order chi connectivity index (χ0) is 14.4. The molecule has 0 radical (unpaired) electrons. The minimum Gasteiger partial charge on any atom is -0.481 e. The van der Waals surface area contributed by atoms with Crippen molar-refractivity contribution in [3.05, 3.63) is 0 Å². The third-order valence-electron chi connectivity index (χ3n) is 3.87. The summed E-state index contributed by atoms with van der Waals surface area (Å²) in [5, 5.41) is 11.9. The highest BCUT2D eigenvalue weighted by molar-refractivity contribution is 5.78. The zero-order valence-electron chi connectivity index (χ0n) is 11.9. The second-order valence-electron chi connectivity index (χ2n) is 5.86. The Kier molecular flexibility index (Phi) is 6.28. The first-order chi connectivity index (χ1) is 8.90. The first-order valence-corrected chi connectivity index (χ1v) is 7.19. The molecule has 4 unspecified atom stereocenters. The van der Waals surface area contributed by atoms with Crippen molar-refractivity contribution < 1.29 is 14.7 Å². The van der Waals surface area contributed by atoms with Gasteiger partial charge in [0, 0.05) is 18.0 Å². The number of aliphatic carboxylic acids is 1. The van der Waals surface area contributed by atoms with E-state index in [1.165, 1.54) is 0 Å². The summed E-state index contributed by atoms with van der Waals surface area (Å²) < 4.78 is 0. The lowest BCUT2D eigenvalue weighted by molar-refractivity contribution is -0.141. The summed E-state index contributed by atoms with van der Waals surface area (Å²) in [5.41, 5.74) is 5.67. The molecule has 110 valence electrons. The van der Waals surface area contributed by atoms with Crippen LogP contribution in [-0.4, -0.2) is 29.1 Å². The van der Waals surface area contributed by atoms with E-state index in [-0.39, 0.29) is 29.8 Å². The maximum Gasteiger partial charge on any atom is 0.306 e. The van der Waals surface area contributed by atoms with Gasteiger partial charge in [-0.2, -0.15) is 0 Å². The van der Waals surface area contributed by atoms with Gasteiger partial charge in [0.15, 0.2) is 0 Å². The van der Waals surface area contributed by atoms with Gasteiger partial charge in [-0.25, -0.2) is 0 Å². The molecule has 0 aromatic heterocycles. The van der Waals surface area contributed by atoms with Crippen molar-refractivity contribution in [2.75, 3.05) is 0 Å². The summed E-state index contributed by atoms with van der Waals surface area (Å²) >= 11 is 0. The highest BCUT2D eigenvalue weighted by Gasteiger charge is 2.31. The van der Waals surface area contributed by atoms with Gasteiger partial charge in [0.25, 0.3) is 0 Å². The van der Waals surface area contributed by atoms with Crippen molar-refractivity contribution in [2.45, 2.75) is 64.5 Å². The lowest BCUT2D eigenvalue weighted by Gasteiger charge is -2.17. The molecule has 0 spiro atoms. The van der Waals surface area contributed by atoms with E-state index in [0.717, 1.165) is 25.7 Å². The Balaban J connectivity index is 2.25. The fourth-order valence-electron chi connectivity index (χ4n) is 2.56. The first kappa shape index (κ1) is 16.0. The largest absolute Gasteiger partial charge is 0.481 e. The molecule has 0 aliphatic heterocycles.